The van der Waals surface area contributed by atoms with Crippen LogP contribution in [0.4, 0.5) is 5.69 Å². The monoisotopic (exact) mass is 321 g/mol. The van der Waals surface area contributed by atoms with Crippen LogP contribution in [0.1, 0.15) is 18.3 Å². The highest BCUT2D eigenvalue weighted by Gasteiger charge is 2.11. The predicted octanol–water partition coefficient (Wildman–Crippen LogP) is 2.91. The Kier molecular flexibility index (Phi) is 4.42. The van der Waals surface area contributed by atoms with E-state index in [0.29, 0.717) is 16.7 Å². The van der Waals surface area contributed by atoms with Crippen molar-refractivity contribution < 1.29 is 4.79 Å². The molecular weight excluding hydrogens is 302 g/mol. The first kappa shape index (κ1) is 15.9. The molecular formula is C19H19N3O2. The second kappa shape index (κ2) is 6.66. The number of hydrogen-bond acceptors (Lipinski definition) is 3. The van der Waals surface area contributed by atoms with Gasteiger partial charge in [0.2, 0.25) is 5.91 Å². The average molecular weight is 321 g/mol. The number of amides is 1. The van der Waals surface area contributed by atoms with Crippen LogP contribution in [0.15, 0.2) is 53.3 Å². The summed E-state index contributed by atoms with van der Waals surface area (Å²) in [6, 6.07) is 14.8. The molecule has 0 spiro atoms. The molecule has 5 nitrogen and oxygen atoms in total. The van der Waals surface area contributed by atoms with Crippen molar-refractivity contribution in [3.63, 3.8) is 0 Å². The van der Waals surface area contributed by atoms with Crippen LogP contribution in [0, 0.1) is 6.92 Å². The van der Waals surface area contributed by atoms with Gasteiger partial charge in [-0.1, -0.05) is 31.2 Å². The molecule has 1 heterocycles. The number of aryl methyl sites for hydroxylation is 2. The molecule has 0 aliphatic heterocycles. The van der Waals surface area contributed by atoms with Crippen molar-refractivity contribution in [2.45, 2.75) is 26.8 Å². The molecule has 3 aromatic rings. The van der Waals surface area contributed by atoms with E-state index in [0.717, 1.165) is 17.7 Å². The molecule has 1 amide bonds. The SMILES string of the molecule is CCc1cccc(NC(=O)Cn2c(C)nc3ccccc3c2=O)c1. The quantitative estimate of drug-likeness (QED) is 0.803. The third-order valence-electron chi connectivity index (χ3n) is 3.97. The maximum Gasteiger partial charge on any atom is 0.261 e. The third-order valence-corrected chi connectivity index (χ3v) is 3.97. The Morgan fingerprint density at radius 2 is 1.96 bits per heavy atom. The van der Waals surface area contributed by atoms with Gasteiger partial charge in [0.15, 0.2) is 0 Å². The number of carbonyl (C=O) groups excluding carboxylic acids is 1. The lowest BCUT2D eigenvalue weighted by atomic mass is 10.1. The summed E-state index contributed by atoms with van der Waals surface area (Å²) in [5.74, 6) is 0.279. The summed E-state index contributed by atoms with van der Waals surface area (Å²) in [6.45, 7) is 3.74. The zero-order valence-electron chi connectivity index (χ0n) is 13.7. The lowest BCUT2D eigenvalue weighted by molar-refractivity contribution is -0.116. The lowest BCUT2D eigenvalue weighted by Gasteiger charge is -2.11. The van der Waals surface area contributed by atoms with Gasteiger partial charge in [-0.25, -0.2) is 4.98 Å². The number of rotatable bonds is 4. The molecule has 3 rings (SSSR count). The fourth-order valence-electron chi connectivity index (χ4n) is 2.68. The summed E-state index contributed by atoms with van der Waals surface area (Å²) in [4.78, 5) is 29.3. The van der Waals surface area contributed by atoms with Gasteiger partial charge in [-0.2, -0.15) is 0 Å². The second-order valence-corrected chi connectivity index (χ2v) is 5.67. The minimum absolute atomic E-state index is 0.0567. The smallest absolute Gasteiger partial charge is 0.261 e. The van der Waals surface area contributed by atoms with Gasteiger partial charge in [0.05, 0.1) is 10.9 Å². The van der Waals surface area contributed by atoms with Gasteiger partial charge >= 0.3 is 0 Å². The Labute approximate surface area is 140 Å². The normalized spacial score (nSPS) is 10.8. The van der Waals surface area contributed by atoms with Crippen molar-refractivity contribution in [2.24, 2.45) is 0 Å². The molecule has 122 valence electrons. The van der Waals surface area contributed by atoms with E-state index in [-0.39, 0.29) is 18.0 Å². The number of benzene rings is 2. The van der Waals surface area contributed by atoms with E-state index in [1.807, 2.05) is 30.3 Å². The minimum atomic E-state index is -0.245. The Balaban J connectivity index is 1.86. The molecule has 24 heavy (non-hydrogen) atoms. The zero-order chi connectivity index (χ0) is 17.1. The van der Waals surface area contributed by atoms with Crippen LogP contribution >= 0.6 is 0 Å². The van der Waals surface area contributed by atoms with E-state index in [9.17, 15) is 9.59 Å². The van der Waals surface area contributed by atoms with Crippen molar-refractivity contribution in [3.8, 4) is 0 Å². The van der Waals surface area contributed by atoms with E-state index < -0.39 is 0 Å². The molecule has 0 saturated carbocycles. The summed E-state index contributed by atoms with van der Waals surface area (Å²) in [5, 5.41) is 3.36. The summed E-state index contributed by atoms with van der Waals surface area (Å²) in [7, 11) is 0. The second-order valence-electron chi connectivity index (χ2n) is 5.67. The van der Waals surface area contributed by atoms with Crippen LogP contribution in [0.25, 0.3) is 10.9 Å². The van der Waals surface area contributed by atoms with E-state index in [2.05, 4.69) is 17.2 Å². The summed E-state index contributed by atoms with van der Waals surface area (Å²) >= 11 is 0. The predicted molar refractivity (Wildman–Crippen MR) is 95.2 cm³/mol. The fourth-order valence-corrected chi connectivity index (χ4v) is 2.68. The molecule has 0 fully saturated rings. The van der Waals surface area contributed by atoms with Crippen molar-refractivity contribution in [2.75, 3.05) is 5.32 Å². The van der Waals surface area contributed by atoms with Crippen LogP contribution in [0.3, 0.4) is 0 Å². The molecule has 1 aromatic heterocycles. The summed E-state index contributed by atoms with van der Waals surface area (Å²) in [5.41, 5.74) is 2.33. The Morgan fingerprint density at radius 3 is 2.75 bits per heavy atom. The van der Waals surface area contributed by atoms with Gasteiger partial charge in [0.1, 0.15) is 12.4 Å². The first-order valence-electron chi connectivity index (χ1n) is 7.93. The van der Waals surface area contributed by atoms with Crippen molar-refractivity contribution in [1.82, 2.24) is 9.55 Å². The summed E-state index contributed by atoms with van der Waals surface area (Å²) in [6.07, 6.45) is 0.900. The topological polar surface area (TPSA) is 64.0 Å². The van der Waals surface area contributed by atoms with Crippen molar-refractivity contribution >= 4 is 22.5 Å². The Bertz CT molecular complexity index is 960. The maximum absolute atomic E-state index is 12.6. The number of aromatic nitrogens is 2. The lowest BCUT2D eigenvalue weighted by Crippen LogP contribution is -2.30. The molecule has 0 bridgehead atoms. The van der Waals surface area contributed by atoms with Gasteiger partial charge in [-0.15, -0.1) is 0 Å². The molecule has 5 heteroatoms. The van der Waals surface area contributed by atoms with E-state index >= 15 is 0 Å². The van der Waals surface area contributed by atoms with Crippen molar-refractivity contribution in [1.29, 1.82) is 0 Å². The number of anilines is 1. The maximum atomic E-state index is 12.6. The highest BCUT2D eigenvalue weighted by Crippen LogP contribution is 2.12. The Morgan fingerprint density at radius 1 is 1.17 bits per heavy atom. The van der Waals surface area contributed by atoms with Gasteiger partial charge in [0.25, 0.3) is 5.56 Å². The molecule has 0 atom stereocenters. The van der Waals surface area contributed by atoms with Crippen LogP contribution < -0.4 is 10.9 Å². The molecule has 0 unspecified atom stereocenters. The number of nitrogens with one attached hydrogen (secondary N) is 1. The zero-order valence-corrected chi connectivity index (χ0v) is 13.7. The largest absolute Gasteiger partial charge is 0.325 e. The van der Waals surface area contributed by atoms with E-state index in [1.54, 1.807) is 25.1 Å². The van der Waals surface area contributed by atoms with E-state index in [4.69, 9.17) is 0 Å². The molecule has 1 N–H and O–H groups in total. The van der Waals surface area contributed by atoms with E-state index in [1.165, 1.54) is 4.57 Å². The van der Waals surface area contributed by atoms with Crippen LogP contribution in [0.5, 0.6) is 0 Å². The summed E-state index contributed by atoms with van der Waals surface area (Å²) < 4.78 is 1.40. The van der Waals surface area contributed by atoms with Gasteiger partial charge in [-0.3, -0.25) is 14.2 Å². The number of fused-ring (bicyclic) bond motifs is 1. The first-order valence-corrected chi connectivity index (χ1v) is 7.93. The molecule has 0 saturated heterocycles. The molecule has 0 aliphatic rings. The van der Waals surface area contributed by atoms with Crippen molar-refractivity contribution in [3.05, 3.63) is 70.3 Å². The number of para-hydroxylation sites is 1. The Hall–Kier alpha value is -2.95. The van der Waals surface area contributed by atoms with Crippen LogP contribution in [-0.4, -0.2) is 15.5 Å². The molecule has 0 radical (unpaired) electrons. The average Bonchev–Trinajstić information content (AvgIpc) is 2.59. The fraction of sp³-hybridized carbons (Fsp3) is 0.211. The number of nitrogens with zero attached hydrogens (tertiary/aromatic N) is 2. The van der Waals surface area contributed by atoms with Crippen LogP contribution in [-0.2, 0) is 17.8 Å². The van der Waals surface area contributed by atoms with Gasteiger partial charge in [-0.05, 0) is 43.2 Å². The number of hydrogen-bond donors (Lipinski definition) is 1. The highest BCUT2D eigenvalue weighted by atomic mass is 16.2. The highest BCUT2D eigenvalue weighted by molar-refractivity contribution is 5.91. The third kappa shape index (κ3) is 3.20. The standard InChI is InChI=1S/C19H19N3O2/c1-3-14-7-6-8-15(11-14)21-18(23)12-22-13(2)20-17-10-5-4-9-16(17)19(22)24/h4-11H,3,12H2,1-2H3,(H,21,23). The van der Waals surface area contributed by atoms with Gasteiger partial charge in [0, 0.05) is 5.69 Å². The first-order chi connectivity index (χ1) is 11.6. The molecule has 2 aromatic carbocycles. The van der Waals surface area contributed by atoms with Crippen LogP contribution in [0.2, 0.25) is 0 Å². The molecule has 0 aliphatic carbocycles. The number of carbonyl (C=O) groups is 1. The van der Waals surface area contributed by atoms with Gasteiger partial charge < -0.3 is 5.32 Å². The minimum Gasteiger partial charge on any atom is -0.325 e.